The topological polar surface area (TPSA) is 99.9 Å². The summed E-state index contributed by atoms with van der Waals surface area (Å²) in [5.41, 5.74) is 2.25. The van der Waals surface area contributed by atoms with Crippen molar-refractivity contribution in [3.05, 3.63) is 82.4 Å². The van der Waals surface area contributed by atoms with Crippen LogP contribution in [0.5, 0.6) is 0 Å². The molecule has 0 aliphatic carbocycles. The van der Waals surface area contributed by atoms with Gasteiger partial charge in [-0.25, -0.2) is 4.39 Å². The quantitative estimate of drug-likeness (QED) is 0.395. The third-order valence-electron chi connectivity index (χ3n) is 3.90. The second-order valence-corrected chi connectivity index (χ2v) is 5.78. The summed E-state index contributed by atoms with van der Waals surface area (Å²) >= 11 is 0. The fourth-order valence-electron chi connectivity index (χ4n) is 2.53. The monoisotopic (exact) mass is 365 g/mol. The molecule has 4 aromatic rings. The molecule has 4 rings (SSSR count). The predicted octanol–water partition coefficient (Wildman–Crippen LogP) is 3.70. The Balaban J connectivity index is 1.50. The van der Waals surface area contributed by atoms with Crippen LogP contribution < -0.4 is 0 Å². The molecular formula is C18H12FN5O3. The number of halogens is 1. The summed E-state index contributed by atoms with van der Waals surface area (Å²) in [6.45, 7) is 0.402. The molecule has 0 N–H and O–H groups in total. The van der Waals surface area contributed by atoms with Crippen LogP contribution in [0.1, 0.15) is 5.56 Å². The lowest BCUT2D eigenvalue weighted by molar-refractivity contribution is -0.385. The smallest absolute Gasteiger partial charge is 0.307 e. The summed E-state index contributed by atoms with van der Waals surface area (Å²) in [6.07, 6.45) is 2.59. The fourth-order valence-corrected chi connectivity index (χ4v) is 2.53. The highest BCUT2D eigenvalue weighted by Crippen LogP contribution is 2.23. The van der Waals surface area contributed by atoms with Crippen molar-refractivity contribution in [2.24, 2.45) is 0 Å². The highest BCUT2D eigenvalue weighted by atomic mass is 19.1. The van der Waals surface area contributed by atoms with Gasteiger partial charge in [-0.2, -0.15) is 10.1 Å². The molecule has 0 bridgehead atoms. The molecule has 0 unspecified atom stereocenters. The zero-order valence-electron chi connectivity index (χ0n) is 13.8. The fraction of sp³-hybridized carbons (Fsp3) is 0.0556. The summed E-state index contributed by atoms with van der Waals surface area (Å²) in [7, 11) is 0. The van der Waals surface area contributed by atoms with Crippen LogP contribution in [0, 0.1) is 15.9 Å². The second kappa shape index (κ2) is 6.79. The maximum Gasteiger partial charge on any atom is 0.307 e. The van der Waals surface area contributed by atoms with E-state index in [1.807, 2.05) is 24.3 Å². The molecule has 27 heavy (non-hydrogen) atoms. The summed E-state index contributed by atoms with van der Waals surface area (Å²) in [6, 6.07) is 13.2. The Morgan fingerprint density at radius 2 is 1.78 bits per heavy atom. The summed E-state index contributed by atoms with van der Waals surface area (Å²) < 4.78 is 19.8. The van der Waals surface area contributed by atoms with Crippen molar-refractivity contribution < 1.29 is 13.8 Å². The Hall–Kier alpha value is -3.88. The lowest BCUT2D eigenvalue weighted by atomic mass is 10.1. The Kier molecular flexibility index (Phi) is 4.17. The van der Waals surface area contributed by atoms with Gasteiger partial charge >= 0.3 is 5.69 Å². The maximum absolute atomic E-state index is 13.0. The summed E-state index contributed by atoms with van der Waals surface area (Å²) in [4.78, 5) is 14.5. The van der Waals surface area contributed by atoms with Gasteiger partial charge in [0.2, 0.25) is 5.82 Å². The highest BCUT2D eigenvalue weighted by Gasteiger charge is 2.12. The van der Waals surface area contributed by atoms with Gasteiger partial charge in [-0.15, -0.1) is 0 Å². The van der Waals surface area contributed by atoms with Crippen LogP contribution in [0.3, 0.4) is 0 Å². The van der Waals surface area contributed by atoms with Gasteiger partial charge in [-0.1, -0.05) is 17.3 Å². The van der Waals surface area contributed by atoms with Crippen molar-refractivity contribution in [2.75, 3.05) is 0 Å². The van der Waals surface area contributed by atoms with Crippen molar-refractivity contribution in [1.29, 1.82) is 0 Å². The number of aromatic nitrogens is 4. The van der Waals surface area contributed by atoms with Gasteiger partial charge in [0.1, 0.15) is 18.2 Å². The van der Waals surface area contributed by atoms with E-state index in [0.29, 0.717) is 23.8 Å². The van der Waals surface area contributed by atoms with Crippen LogP contribution in [0.4, 0.5) is 10.1 Å². The molecular weight excluding hydrogens is 353 g/mol. The van der Waals surface area contributed by atoms with E-state index in [2.05, 4.69) is 15.2 Å². The minimum Gasteiger partial charge on any atom is -0.334 e. The van der Waals surface area contributed by atoms with E-state index >= 15 is 0 Å². The van der Waals surface area contributed by atoms with E-state index in [0.717, 1.165) is 11.1 Å². The van der Waals surface area contributed by atoms with Crippen molar-refractivity contribution in [1.82, 2.24) is 19.9 Å². The Morgan fingerprint density at radius 3 is 2.44 bits per heavy atom. The minimum atomic E-state index is -0.485. The van der Waals surface area contributed by atoms with E-state index in [4.69, 9.17) is 4.52 Å². The standard InChI is InChI=1S/C18H12FN5O3/c19-15-7-5-13(6-8-15)17-21-18(27-22-17)14-3-1-12(2-4-14)10-23-11-16(9-20-23)24(25)26/h1-9,11H,10H2. The number of nitro groups is 1. The molecule has 0 aliphatic heterocycles. The average Bonchev–Trinajstić information content (AvgIpc) is 3.33. The van der Waals surface area contributed by atoms with Crippen molar-refractivity contribution >= 4 is 5.69 Å². The van der Waals surface area contributed by atoms with Crippen molar-refractivity contribution in [2.45, 2.75) is 6.54 Å². The number of rotatable bonds is 5. The molecule has 2 aromatic carbocycles. The SMILES string of the molecule is O=[N+]([O-])c1cnn(Cc2ccc(-c3nc(-c4ccc(F)cc4)no3)cc2)c1. The zero-order valence-corrected chi connectivity index (χ0v) is 13.8. The molecule has 8 nitrogen and oxygen atoms in total. The van der Waals surface area contributed by atoms with Gasteiger partial charge in [0.25, 0.3) is 5.89 Å². The first-order valence-electron chi connectivity index (χ1n) is 7.94. The normalized spacial score (nSPS) is 10.9. The molecule has 0 fully saturated rings. The first kappa shape index (κ1) is 16.6. The molecule has 0 atom stereocenters. The van der Waals surface area contributed by atoms with Gasteiger partial charge in [0.05, 0.1) is 11.5 Å². The first-order valence-corrected chi connectivity index (χ1v) is 7.94. The third-order valence-corrected chi connectivity index (χ3v) is 3.90. The van der Waals surface area contributed by atoms with E-state index in [1.54, 1.807) is 12.1 Å². The second-order valence-electron chi connectivity index (χ2n) is 5.78. The lowest BCUT2D eigenvalue weighted by Crippen LogP contribution is -1.99. The molecule has 2 heterocycles. The first-order chi connectivity index (χ1) is 13.1. The molecule has 9 heteroatoms. The molecule has 0 saturated carbocycles. The molecule has 134 valence electrons. The summed E-state index contributed by atoms with van der Waals surface area (Å²) in [5.74, 6) is 0.383. The summed E-state index contributed by atoms with van der Waals surface area (Å²) in [5, 5.41) is 18.6. The van der Waals surface area contributed by atoms with Gasteiger partial charge in [0, 0.05) is 11.1 Å². The zero-order chi connectivity index (χ0) is 18.8. The third kappa shape index (κ3) is 3.56. The van der Waals surface area contributed by atoms with Crippen LogP contribution in [-0.2, 0) is 6.54 Å². The number of benzene rings is 2. The van der Waals surface area contributed by atoms with E-state index < -0.39 is 4.92 Å². The molecule has 0 amide bonds. The van der Waals surface area contributed by atoms with Crippen LogP contribution in [0.25, 0.3) is 22.8 Å². The van der Waals surface area contributed by atoms with Gasteiger partial charge in [-0.3, -0.25) is 14.8 Å². The Labute approximate surface area is 152 Å². The average molecular weight is 365 g/mol. The molecule has 2 aromatic heterocycles. The van der Waals surface area contributed by atoms with Crippen LogP contribution in [0.2, 0.25) is 0 Å². The van der Waals surface area contributed by atoms with E-state index in [1.165, 1.54) is 29.2 Å². The highest BCUT2D eigenvalue weighted by molar-refractivity contribution is 5.59. The molecule has 0 radical (unpaired) electrons. The van der Waals surface area contributed by atoms with Crippen LogP contribution >= 0.6 is 0 Å². The van der Waals surface area contributed by atoms with Gasteiger partial charge in [-0.05, 0) is 42.0 Å². The Morgan fingerprint density at radius 1 is 1.07 bits per heavy atom. The largest absolute Gasteiger partial charge is 0.334 e. The van der Waals surface area contributed by atoms with E-state index in [-0.39, 0.29) is 11.5 Å². The van der Waals surface area contributed by atoms with E-state index in [9.17, 15) is 14.5 Å². The van der Waals surface area contributed by atoms with Crippen LogP contribution in [-0.4, -0.2) is 24.8 Å². The molecule has 0 saturated heterocycles. The predicted molar refractivity (Wildman–Crippen MR) is 93.1 cm³/mol. The van der Waals surface area contributed by atoms with Gasteiger partial charge < -0.3 is 4.52 Å². The van der Waals surface area contributed by atoms with Gasteiger partial charge in [0.15, 0.2) is 0 Å². The minimum absolute atomic E-state index is 0.0502. The van der Waals surface area contributed by atoms with Crippen LogP contribution in [0.15, 0.2) is 65.4 Å². The molecule has 0 aliphatic rings. The maximum atomic E-state index is 13.0. The number of nitrogens with zero attached hydrogens (tertiary/aromatic N) is 5. The van der Waals surface area contributed by atoms with Crippen molar-refractivity contribution in [3.8, 4) is 22.8 Å². The molecule has 0 spiro atoms. The van der Waals surface area contributed by atoms with Crippen molar-refractivity contribution in [3.63, 3.8) is 0 Å². The number of hydrogen-bond donors (Lipinski definition) is 0. The number of hydrogen-bond acceptors (Lipinski definition) is 6. The lowest BCUT2D eigenvalue weighted by Gasteiger charge is -2.02. The Bertz CT molecular complexity index is 1090.